The highest BCUT2D eigenvalue weighted by atomic mass is 32.2. The predicted molar refractivity (Wildman–Crippen MR) is 69.4 cm³/mol. The Morgan fingerprint density at radius 2 is 2.15 bits per heavy atom. The molecule has 1 heterocycles. The molecule has 1 aromatic heterocycles. The van der Waals surface area contributed by atoms with Gasteiger partial charge in [-0.3, -0.25) is 9.59 Å². The highest BCUT2D eigenvalue weighted by Crippen LogP contribution is 2.20. The van der Waals surface area contributed by atoms with Crippen molar-refractivity contribution in [2.45, 2.75) is 23.7 Å². The Bertz CT molecular complexity index is 660. The maximum Gasteiger partial charge on any atom is 0.322 e. The van der Waals surface area contributed by atoms with Gasteiger partial charge < -0.3 is 10.4 Å². The van der Waals surface area contributed by atoms with Gasteiger partial charge in [0.15, 0.2) is 0 Å². The van der Waals surface area contributed by atoms with Gasteiger partial charge >= 0.3 is 5.97 Å². The third kappa shape index (κ3) is 4.26. The van der Waals surface area contributed by atoms with E-state index < -0.39 is 32.3 Å². The van der Waals surface area contributed by atoms with Crippen LogP contribution in [-0.4, -0.2) is 41.6 Å². The molecule has 1 atom stereocenters. The number of hydrogen-bond donors (Lipinski definition) is 3. The Kier molecular flexibility index (Phi) is 5.14. The van der Waals surface area contributed by atoms with E-state index in [0.717, 1.165) is 0 Å². The number of amides is 1. The van der Waals surface area contributed by atoms with Crippen molar-refractivity contribution in [3.63, 3.8) is 0 Å². The van der Waals surface area contributed by atoms with E-state index >= 15 is 0 Å². The standard InChI is InChI=1S/C9H10N4O5S2/c1-3-4-6(7(15)16)13-20(17,18)9-12-11-8(19-9)10-5(2)14/h1,6,13H,4H2,2H3,(H,15,16)(H,10,11,14). The van der Waals surface area contributed by atoms with Gasteiger partial charge in [0, 0.05) is 13.3 Å². The van der Waals surface area contributed by atoms with Crippen molar-refractivity contribution in [2.75, 3.05) is 5.32 Å². The van der Waals surface area contributed by atoms with E-state index in [1.165, 1.54) is 6.92 Å². The molecule has 0 fully saturated rings. The maximum atomic E-state index is 11.9. The van der Waals surface area contributed by atoms with E-state index in [0.29, 0.717) is 11.3 Å². The second-order valence-electron chi connectivity index (χ2n) is 3.47. The Balaban J connectivity index is 2.93. The monoisotopic (exact) mass is 318 g/mol. The van der Waals surface area contributed by atoms with Crippen molar-refractivity contribution in [1.29, 1.82) is 0 Å². The zero-order valence-electron chi connectivity index (χ0n) is 10.2. The fourth-order valence-electron chi connectivity index (χ4n) is 1.05. The van der Waals surface area contributed by atoms with Crippen LogP contribution in [0.25, 0.3) is 0 Å². The van der Waals surface area contributed by atoms with E-state index in [4.69, 9.17) is 11.5 Å². The molecule has 0 spiro atoms. The molecular weight excluding hydrogens is 308 g/mol. The topological polar surface area (TPSA) is 138 Å². The number of sulfonamides is 1. The van der Waals surface area contributed by atoms with Crippen LogP contribution in [0.4, 0.5) is 5.13 Å². The van der Waals surface area contributed by atoms with Crippen molar-refractivity contribution >= 4 is 38.4 Å². The molecule has 0 radical (unpaired) electrons. The van der Waals surface area contributed by atoms with Gasteiger partial charge in [0.05, 0.1) is 0 Å². The van der Waals surface area contributed by atoms with Crippen molar-refractivity contribution < 1.29 is 23.1 Å². The molecule has 9 nitrogen and oxygen atoms in total. The van der Waals surface area contributed by atoms with Crippen LogP contribution in [0.15, 0.2) is 4.34 Å². The van der Waals surface area contributed by atoms with Crippen LogP contribution < -0.4 is 10.0 Å². The number of carbonyl (C=O) groups excluding carboxylic acids is 1. The number of terminal acetylenes is 1. The lowest BCUT2D eigenvalue weighted by Crippen LogP contribution is -2.40. The third-order valence-electron chi connectivity index (χ3n) is 1.84. The molecule has 108 valence electrons. The summed E-state index contributed by atoms with van der Waals surface area (Å²) in [5, 5.41) is 17.9. The Labute approximate surface area is 118 Å². The lowest BCUT2D eigenvalue weighted by molar-refractivity contribution is -0.138. The molecule has 1 unspecified atom stereocenters. The largest absolute Gasteiger partial charge is 0.480 e. The first-order valence-corrected chi connectivity index (χ1v) is 7.36. The van der Waals surface area contributed by atoms with Crippen molar-refractivity contribution in [1.82, 2.24) is 14.9 Å². The summed E-state index contributed by atoms with van der Waals surface area (Å²) in [5.41, 5.74) is 0. The molecule has 0 aliphatic carbocycles. The predicted octanol–water partition coefficient (Wildman–Crippen LogP) is -0.749. The lowest BCUT2D eigenvalue weighted by Gasteiger charge is -2.09. The maximum absolute atomic E-state index is 11.9. The van der Waals surface area contributed by atoms with Crippen LogP contribution in [0.1, 0.15) is 13.3 Å². The normalized spacial score (nSPS) is 12.4. The summed E-state index contributed by atoms with van der Waals surface area (Å²) in [5.74, 6) is 0.216. The molecule has 1 rings (SSSR count). The van der Waals surface area contributed by atoms with Gasteiger partial charge in [0.25, 0.3) is 10.0 Å². The van der Waals surface area contributed by atoms with Crippen LogP contribution in [0.2, 0.25) is 0 Å². The molecule has 0 saturated heterocycles. The SMILES string of the molecule is C#CCC(NS(=O)(=O)c1nnc(NC(C)=O)s1)C(=O)O. The number of aromatic nitrogens is 2. The number of anilines is 1. The quantitative estimate of drug-likeness (QED) is 0.463. The van der Waals surface area contributed by atoms with Crippen LogP contribution in [0, 0.1) is 12.3 Å². The number of nitrogens with zero attached hydrogens (tertiary/aromatic N) is 2. The van der Waals surface area contributed by atoms with Crippen LogP contribution in [0.3, 0.4) is 0 Å². The fourth-order valence-corrected chi connectivity index (χ4v) is 3.21. The molecule has 20 heavy (non-hydrogen) atoms. The van der Waals surface area contributed by atoms with Gasteiger partial charge in [-0.1, -0.05) is 11.3 Å². The number of carboxylic acids is 1. The van der Waals surface area contributed by atoms with Gasteiger partial charge in [0.2, 0.25) is 15.4 Å². The van der Waals surface area contributed by atoms with Crippen molar-refractivity contribution in [2.24, 2.45) is 0 Å². The van der Waals surface area contributed by atoms with Gasteiger partial charge in [-0.15, -0.1) is 22.5 Å². The molecule has 0 saturated carbocycles. The first-order chi connectivity index (χ1) is 9.26. The Hall–Kier alpha value is -2.03. The summed E-state index contributed by atoms with van der Waals surface area (Å²) in [7, 11) is -4.17. The van der Waals surface area contributed by atoms with Gasteiger partial charge in [-0.05, 0) is 0 Å². The minimum atomic E-state index is -4.17. The summed E-state index contributed by atoms with van der Waals surface area (Å²) in [6.07, 6.45) is 4.65. The second-order valence-corrected chi connectivity index (χ2v) is 6.34. The lowest BCUT2D eigenvalue weighted by atomic mass is 10.2. The highest BCUT2D eigenvalue weighted by Gasteiger charge is 2.27. The summed E-state index contributed by atoms with van der Waals surface area (Å²) >= 11 is 0.591. The summed E-state index contributed by atoms with van der Waals surface area (Å²) in [4.78, 5) is 21.6. The average molecular weight is 318 g/mol. The molecule has 1 aromatic rings. The van der Waals surface area contributed by atoms with Crippen molar-refractivity contribution in [3.05, 3.63) is 0 Å². The number of carboxylic acid groups (broad SMARTS) is 1. The Morgan fingerprint density at radius 1 is 1.50 bits per heavy atom. The average Bonchev–Trinajstić information content (AvgIpc) is 2.76. The first-order valence-electron chi connectivity index (χ1n) is 5.06. The number of carbonyl (C=O) groups is 2. The minimum absolute atomic E-state index is 0.0123. The second kappa shape index (κ2) is 6.42. The van der Waals surface area contributed by atoms with Crippen LogP contribution >= 0.6 is 11.3 Å². The van der Waals surface area contributed by atoms with E-state index in [9.17, 15) is 18.0 Å². The number of nitrogens with one attached hydrogen (secondary N) is 2. The number of rotatable bonds is 6. The number of aliphatic carboxylic acids is 1. The molecule has 0 aliphatic rings. The molecule has 1 amide bonds. The summed E-state index contributed by atoms with van der Waals surface area (Å²) < 4.78 is 25.2. The zero-order valence-corrected chi connectivity index (χ0v) is 11.8. The molecule has 0 aromatic carbocycles. The summed E-state index contributed by atoms with van der Waals surface area (Å²) in [6.45, 7) is 1.22. The molecule has 0 aliphatic heterocycles. The van der Waals surface area contributed by atoms with Gasteiger partial charge in [0.1, 0.15) is 6.04 Å². The minimum Gasteiger partial charge on any atom is -0.480 e. The Morgan fingerprint density at radius 3 is 2.65 bits per heavy atom. The van der Waals surface area contributed by atoms with Gasteiger partial charge in [-0.2, -0.15) is 4.72 Å². The van der Waals surface area contributed by atoms with Crippen LogP contribution in [0.5, 0.6) is 0 Å². The van der Waals surface area contributed by atoms with Crippen LogP contribution in [-0.2, 0) is 19.6 Å². The van der Waals surface area contributed by atoms with E-state index in [1.807, 2.05) is 4.72 Å². The van der Waals surface area contributed by atoms with Crippen molar-refractivity contribution in [3.8, 4) is 12.3 Å². The molecule has 3 N–H and O–H groups in total. The first kappa shape index (κ1) is 16.0. The smallest absolute Gasteiger partial charge is 0.322 e. The third-order valence-corrected chi connectivity index (χ3v) is 4.51. The highest BCUT2D eigenvalue weighted by molar-refractivity contribution is 7.91. The van der Waals surface area contributed by atoms with E-state index in [1.54, 1.807) is 0 Å². The zero-order chi connectivity index (χ0) is 15.3. The number of hydrogen-bond acceptors (Lipinski definition) is 7. The van der Waals surface area contributed by atoms with E-state index in [2.05, 4.69) is 21.4 Å². The molecule has 11 heteroatoms. The van der Waals surface area contributed by atoms with E-state index in [-0.39, 0.29) is 11.6 Å². The molecule has 0 bridgehead atoms. The fraction of sp³-hybridized carbons (Fsp3) is 0.333. The van der Waals surface area contributed by atoms with Gasteiger partial charge in [-0.25, -0.2) is 8.42 Å². The summed E-state index contributed by atoms with van der Waals surface area (Å²) in [6, 6.07) is -1.46. The molecular formula is C9H10N4O5S2.